The zero-order chi connectivity index (χ0) is 15.5. The van der Waals surface area contributed by atoms with Gasteiger partial charge in [-0.05, 0) is 41.4 Å². The van der Waals surface area contributed by atoms with Crippen LogP contribution in [0, 0.1) is 0 Å². The highest BCUT2D eigenvalue weighted by molar-refractivity contribution is 8.13. The first-order valence-electron chi connectivity index (χ1n) is 5.94. The second-order valence-corrected chi connectivity index (χ2v) is 8.21. The molecule has 0 saturated heterocycles. The van der Waals surface area contributed by atoms with Crippen LogP contribution in [0.3, 0.4) is 0 Å². The van der Waals surface area contributed by atoms with Crippen LogP contribution in [-0.2, 0) is 10.0 Å². The van der Waals surface area contributed by atoms with Gasteiger partial charge < -0.3 is 4.90 Å². The Kier molecular flexibility index (Phi) is 4.92. The Morgan fingerprint density at radius 2 is 2.00 bits per heavy atom. The number of carbonyl (C=O) groups excluding carboxylic acids is 1. The molecule has 1 heterocycles. The predicted octanol–water partition coefficient (Wildman–Crippen LogP) is 3.32. The minimum absolute atomic E-state index is 0.117. The standard InChI is InChI=1S/C13H14N2O3S3/c1-15(2)13(16)20-11-6-3-5-10(9-11)14-21(17,18)12-7-4-8-19-12/h3-9,14H,1-2H3. The molecule has 0 atom stereocenters. The lowest BCUT2D eigenvalue weighted by molar-refractivity contribution is 0.241. The molecule has 0 saturated carbocycles. The molecular formula is C13H14N2O3S3. The lowest BCUT2D eigenvalue weighted by atomic mass is 10.3. The monoisotopic (exact) mass is 342 g/mol. The number of benzene rings is 1. The number of anilines is 1. The van der Waals surface area contributed by atoms with E-state index >= 15 is 0 Å². The van der Waals surface area contributed by atoms with Crippen LogP contribution < -0.4 is 4.72 Å². The van der Waals surface area contributed by atoms with Gasteiger partial charge in [-0.15, -0.1) is 11.3 Å². The van der Waals surface area contributed by atoms with Crippen LogP contribution in [0.25, 0.3) is 0 Å². The predicted molar refractivity (Wildman–Crippen MR) is 86.5 cm³/mol. The normalized spacial score (nSPS) is 11.1. The van der Waals surface area contributed by atoms with Crippen molar-refractivity contribution in [1.82, 2.24) is 4.90 Å². The van der Waals surface area contributed by atoms with E-state index in [4.69, 9.17) is 0 Å². The molecule has 0 aliphatic rings. The molecule has 1 aromatic carbocycles. The molecule has 0 radical (unpaired) electrons. The number of nitrogens with zero attached hydrogens (tertiary/aromatic N) is 1. The van der Waals surface area contributed by atoms with Crippen molar-refractivity contribution in [2.75, 3.05) is 18.8 Å². The van der Waals surface area contributed by atoms with Gasteiger partial charge in [0.1, 0.15) is 4.21 Å². The number of hydrogen-bond acceptors (Lipinski definition) is 5. The van der Waals surface area contributed by atoms with E-state index in [1.165, 1.54) is 4.90 Å². The first kappa shape index (κ1) is 15.9. The molecule has 0 fully saturated rings. The lowest BCUT2D eigenvalue weighted by Gasteiger charge is -2.10. The molecule has 8 heteroatoms. The summed E-state index contributed by atoms with van der Waals surface area (Å²) in [5, 5.41) is 1.59. The summed E-state index contributed by atoms with van der Waals surface area (Å²) in [5.41, 5.74) is 0.431. The molecule has 2 rings (SSSR count). The fourth-order valence-corrected chi connectivity index (χ4v) is 4.20. The van der Waals surface area contributed by atoms with Crippen LogP contribution in [0.15, 0.2) is 50.9 Å². The third kappa shape index (κ3) is 4.23. The minimum atomic E-state index is -3.57. The third-order valence-electron chi connectivity index (χ3n) is 2.42. The van der Waals surface area contributed by atoms with E-state index in [9.17, 15) is 13.2 Å². The third-order valence-corrected chi connectivity index (χ3v) is 6.22. The Bertz CT molecular complexity index is 725. The summed E-state index contributed by atoms with van der Waals surface area (Å²) < 4.78 is 27.0. The first-order chi connectivity index (χ1) is 9.88. The van der Waals surface area contributed by atoms with E-state index in [1.807, 2.05) is 0 Å². The van der Waals surface area contributed by atoms with Crippen molar-refractivity contribution in [2.45, 2.75) is 9.10 Å². The molecule has 21 heavy (non-hydrogen) atoms. The van der Waals surface area contributed by atoms with E-state index in [2.05, 4.69) is 4.72 Å². The van der Waals surface area contributed by atoms with Gasteiger partial charge in [-0.2, -0.15) is 0 Å². The summed E-state index contributed by atoms with van der Waals surface area (Å²) >= 11 is 2.20. The Morgan fingerprint density at radius 1 is 1.24 bits per heavy atom. The quantitative estimate of drug-likeness (QED) is 0.866. The van der Waals surface area contributed by atoms with E-state index in [0.29, 0.717) is 10.6 Å². The minimum Gasteiger partial charge on any atom is -0.339 e. The molecule has 2 aromatic rings. The summed E-state index contributed by atoms with van der Waals surface area (Å²) in [6, 6.07) is 9.97. The van der Waals surface area contributed by atoms with Crippen LogP contribution >= 0.6 is 23.1 Å². The second-order valence-electron chi connectivity index (χ2n) is 4.33. The van der Waals surface area contributed by atoms with E-state index in [1.54, 1.807) is 55.9 Å². The van der Waals surface area contributed by atoms with Gasteiger partial charge in [0.25, 0.3) is 15.3 Å². The maximum absolute atomic E-state index is 12.1. The molecule has 0 aliphatic heterocycles. The van der Waals surface area contributed by atoms with Crippen molar-refractivity contribution in [3.8, 4) is 0 Å². The highest BCUT2D eigenvalue weighted by atomic mass is 32.2. The van der Waals surface area contributed by atoms with Gasteiger partial charge in [-0.1, -0.05) is 12.1 Å². The van der Waals surface area contributed by atoms with Gasteiger partial charge >= 0.3 is 0 Å². The molecule has 1 N–H and O–H groups in total. The van der Waals surface area contributed by atoms with Gasteiger partial charge in [-0.3, -0.25) is 9.52 Å². The molecule has 112 valence electrons. The Balaban J connectivity index is 2.17. The smallest absolute Gasteiger partial charge is 0.285 e. The first-order valence-corrected chi connectivity index (χ1v) is 9.12. The number of sulfonamides is 1. The molecule has 0 spiro atoms. The average Bonchev–Trinajstić information content (AvgIpc) is 2.93. The van der Waals surface area contributed by atoms with Gasteiger partial charge in [-0.25, -0.2) is 8.42 Å². The Morgan fingerprint density at radius 3 is 2.62 bits per heavy atom. The van der Waals surface area contributed by atoms with Crippen molar-refractivity contribution >= 4 is 44.0 Å². The van der Waals surface area contributed by atoms with Crippen LogP contribution in [0.5, 0.6) is 0 Å². The largest absolute Gasteiger partial charge is 0.339 e. The van der Waals surface area contributed by atoms with Gasteiger partial charge in [0, 0.05) is 24.7 Å². The highest BCUT2D eigenvalue weighted by Gasteiger charge is 2.15. The zero-order valence-corrected chi connectivity index (χ0v) is 13.9. The summed E-state index contributed by atoms with van der Waals surface area (Å²) in [6.07, 6.45) is 0. The fraction of sp³-hybridized carbons (Fsp3) is 0.154. The van der Waals surface area contributed by atoms with Crippen molar-refractivity contribution in [3.05, 3.63) is 41.8 Å². The number of nitrogens with one attached hydrogen (secondary N) is 1. The number of rotatable bonds is 4. The maximum atomic E-state index is 12.1. The average molecular weight is 342 g/mol. The Hall–Kier alpha value is -1.51. The summed E-state index contributed by atoms with van der Waals surface area (Å²) in [6.45, 7) is 0. The van der Waals surface area contributed by atoms with Crippen molar-refractivity contribution in [1.29, 1.82) is 0 Å². The van der Waals surface area contributed by atoms with Crippen LogP contribution in [0.2, 0.25) is 0 Å². The molecule has 0 aliphatic carbocycles. The molecular weight excluding hydrogens is 328 g/mol. The fourth-order valence-electron chi connectivity index (χ4n) is 1.44. The highest BCUT2D eigenvalue weighted by Crippen LogP contribution is 2.26. The molecule has 1 aromatic heterocycles. The van der Waals surface area contributed by atoms with E-state index < -0.39 is 10.0 Å². The van der Waals surface area contributed by atoms with Crippen LogP contribution in [0.4, 0.5) is 10.5 Å². The number of carbonyl (C=O) groups is 1. The van der Waals surface area contributed by atoms with Gasteiger partial charge in [0.2, 0.25) is 0 Å². The lowest BCUT2D eigenvalue weighted by Crippen LogP contribution is -2.16. The SMILES string of the molecule is CN(C)C(=O)Sc1cccc(NS(=O)(=O)c2cccs2)c1. The molecule has 0 bridgehead atoms. The van der Waals surface area contributed by atoms with Crippen molar-refractivity contribution in [2.24, 2.45) is 0 Å². The summed E-state index contributed by atoms with van der Waals surface area (Å²) in [7, 11) is -0.237. The topological polar surface area (TPSA) is 66.5 Å². The summed E-state index contributed by atoms with van der Waals surface area (Å²) in [5.74, 6) is 0. The van der Waals surface area contributed by atoms with E-state index in [-0.39, 0.29) is 9.45 Å². The van der Waals surface area contributed by atoms with Crippen molar-refractivity contribution < 1.29 is 13.2 Å². The molecule has 5 nitrogen and oxygen atoms in total. The van der Waals surface area contributed by atoms with Crippen LogP contribution in [0.1, 0.15) is 0 Å². The summed E-state index contributed by atoms with van der Waals surface area (Å²) in [4.78, 5) is 13.8. The van der Waals surface area contributed by atoms with Gasteiger partial charge in [0.05, 0.1) is 0 Å². The number of amides is 1. The maximum Gasteiger partial charge on any atom is 0.285 e. The zero-order valence-electron chi connectivity index (χ0n) is 11.4. The number of thioether (sulfide) groups is 1. The van der Waals surface area contributed by atoms with Gasteiger partial charge in [0.15, 0.2) is 0 Å². The van der Waals surface area contributed by atoms with Crippen LogP contribution in [-0.4, -0.2) is 32.7 Å². The molecule has 0 unspecified atom stereocenters. The van der Waals surface area contributed by atoms with E-state index in [0.717, 1.165) is 23.1 Å². The van der Waals surface area contributed by atoms with Crippen molar-refractivity contribution in [3.63, 3.8) is 0 Å². The second kappa shape index (κ2) is 6.50. The number of thiophene rings is 1. The molecule has 1 amide bonds. The Labute approximate surface area is 132 Å². The number of hydrogen-bond donors (Lipinski definition) is 1.